The number of nitrogens with zero attached hydrogens (tertiary/aromatic N) is 1. The highest BCUT2D eigenvalue weighted by Gasteiger charge is 2.38. The molecule has 0 bridgehead atoms. The predicted octanol–water partition coefficient (Wildman–Crippen LogP) is 3.18. The molecule has 4 nitrogen and oxygen atoms in total. The van der Waals surface area contributed by atoms with E-state index in [0.29, 0.717) is 10.6 Å². The maximum atomic E-state index is 12.2. The minimum Gasteiger partial charge on any atom is -0.361 e. The van der Waals surface area contributed by atoms with Crippen molar-refractivity contribution in [3.63, 3.8) is 0 Å². The average Bonchev–Trinajstić information content (AvgIpc) is 2.89. The number of hydrogen-bond acceptors (Lipinski definition) is 3. The smallest absolute Gasteiger partial charge is 0.158 e. The Labute approximate surface area is 133 Å². The Morgan fingerprint density at radius 1 is 1.36 bits per heavy atom. The van der Waals surface area contributed by atoms with Crippen LogP contribution < -0.4 is 5.32 Å². The van der Waals surface area contributed by atoms with E-state index < -0.39 is 5.92 Å². The number of carbonyl (C=O) groups is 1. The molecule has 0 fully saturated rings. The Balaban J connectivity index is 2.28. The van der Waals surface area contributed by atoms with Gasteiger partial charge in [-0.05, 0) is 25.5 Å². The summed E-state index contributed by atoms with van der Waals surface area (Å²) in [5.74, 6) is -0.924. The summed E-state index contributed by atoms with van der Waals surface area (Å²) >= 11 is 5.33. The summed E-state index contributed by atoms with van der Waals surface area (Å²) in [6.07, 6.45) is 1.88. The zero-order valence-electron chi connectivity index (χ0n) is 12.3. The van der Waals surface area contributed by atoms with E-state index in [0.717, 1.165) is 22.2 Å². The van der Waals surface area contributed by atoms with Gasteiger partial charge in [-0.3, -0.25) is 4.79 Å². The van der Waals surface area contributed by atoms with Crippen molar-refractivity contribution in [1.82, 2.24) is 10.3 Å². The molecule has 0 amide bonds. The van der Waals surface area contributed by atoms with Crippen molar-refractivity contribution in [2.24, 2.45) is 5.92 Å². The molecule has 2 N–H and O–H groups in total. The molecule has 2 heterocycles. The van der Waals surface area contributed by atoms with Crippen molar-refractivity contribution in [1.29, 1.82) is 5.26 Å². The quantitative estimate of drug-likeness (QED) is 0.836. The summed E-state index contributed by atoms with van der Waals surface area (Å²) < 4.78 is 0. The maximum Gasteiger partial charge on any atom is 0.158 e. The number of nitrogens with one attached hydrogen (secondary N) is 2. The van der Waals surface area contributed by atoms with Crippen LogP contribution in [0.3, 0.4) is 0 Å². The van der Waals surface area contributed by atoms with E-state index in [1.54, 1.807) is 0 Å². The highest BCUT2D eigenvalue weighted by atomic mass is 32.1. The fraction of sp³-hybridized carbons (Fsp3) is 0.235. The number of allylic oxidation sites excluding steroid dienone is 2. The Bertz CT molecular complexity index is 856. The maximum absolute atomic E-state index is 12.2. The summed E-state index contributed by atoms with van der Waals surface area (Å²) in [6.45, 7) is 3.36. The first-order valence-electron chi connectivity index (χ1n) is 7.02. The first kappa shape index (κ1) is 14.5. The van der Waals surface area contributed by atoms with Gasteiger partial charge in [0.2, 0.25) is 0 Å². The van der Waals surface area contributed by atoms with E-state index >= 15 is 0 Å². The molecule has 110 valence electrons. The fourth-order valence-electron chi connectivity index (χ4n) is 3.18. The second-order valence-corrected chi connectivity index (χ2v) is 5.90. The van der Waals surface area contributed by atoms with Gasteiger partial charge in [-0.1, -0.05) is 30.4 Å². The Hall–Kier alpha value is -2.45. The van der Waals surface area contributed by atoms with Crippen LogP contribution in [0, 0.1) is 17.2 Å². The summed E-state index contributed by atoms with van der Waals surface area (Å²) in [6, 6.07) is 10.1. The Morgan fingerprint density at radius 3 is 2.77 bits per heavy atom. The second kappa shape index (κ2) is 5.39. The number of aromatic nitrogens is 1. The van der Waals surface area contributed by atoms with Crippen LogP contribution in [0.5, 0.6) is 0 Å². The molecule has 1 aliphatic rings. The lowest BCUT2D eigenvalue weighted by Gasteiger charge is -2.31. The summed E-state index contributed by atoms with van der Waals surface area (Å²) in [5.41, 5.74) is 3.29. The molecule has 1 aromatic carbocycles. The van der Waals surface area contributed by atoms with Gasteiger partial charge in [0.15, 0.2) is 5.78 Å². The van der Waals surface area contributed by atoms with E-state index in [-0.39, 0.29) is 11.7 Å². The number of para-hydroxylation sites is 1. The highest BCUT2D eigenvalue weighted by molar-refractivity contribution is 7.80. The van der Waals surface area contributed by atoms with Crippen LogP contribution >= 0.6 is 12.2 Å². The van der Waals surface area contributed by atoms with Crippen molar-refractivity contribution in [3.05, 3.63) is 47.3 Å². The number of benzene rings is 1. The monoisotopic (exact) mass is 309 g/mol. The molecule has 0 radical (unpaired) electrons. The van der Waals surface area contributed by atoms with Crippen molar-refractivity contribution < 1.29 is 4.79 Å². The number of nitriles is 1. The molecule has 2 unspecified atom stereocenters. The number of rotatable bonds is 2. The molecule has 2 atom stereocenters. The molecule has 1 aromatic heterocycles. The number of aromatic amines is 1. The third-order valence-electron chi connectivity index (χ3n) is 4.12. The van der Waals surface area contributed by atoms with Gasteiger partial charge < -0.3 is 10.3 Å². The number of ketones is 1. The molecular formula is C17H15N3OS. The topological polar surface area (TPSA) is 68.7 Å². The lowest BCUT2D eigenvalue weighted by Crippen LogP contribution is -2.39. The first-order valence-corrected chi connectivity index (χ1v) is 7.43. The second-order valence-electron chi connectivity index (χ2n) is 5.46. The highest BCUT2D eigenvalue weighted by Crippen LogP contribution is 2.40. The van der Waals surface area contributed by atoms with E-state index in [9.17, 15) is 10.1 Å². The van der Waals surface area contributed by atoms with Gasteiger partial charge in [-0.25, -0.2) is 0 Å². The Kier molecular flexibility index (Phi) is 3.55. The SMILES string of the molecule is CC(=O)C1=C(C)NC(=S)C(C#N)C1c1c[nH]c2ccccc12. The van der Waals surface area contributed by atoms with Crippen LogP contribution in [-0.2, 0) is 4.79 Å². The van der Waals surface area contributed by atoms with Crippen LogP contribution in [-0.4, -0.2) is 15.8 Å². The van der Waals surface area contributed by atoms with Crippen LogP contribution in [0.2, 0.25) is 0 Å². The van der Waals surface area contributed by atoms with Gasteiger partial charge in [-0.2, -0.15) is 5.26 Å². The van der Waals surface area contributed by atoms with Crippen LogP contribution in [0.15, 0.2) is 41.7 Å². The number of hydrogen-bond donors (Lipinski definition) is 2. The summed E-state index contributed by atoms with van der Waals surface area (Å²) in [7, 11) is 0. The number of H-pyrrole nitrogens is 1. The molecule has 22 heavy (non-hydrogen) atoms. The third kappa shape index (κ3) is 2.13. The zero-order chi connectivity index (χ0) is 15.9. The standard InChI is InChI=1S/C17H15N3OS/c1-9-15(10(2)21)16(12(7-18)17(22)20-9)13-8-19-14-6-4-3-5-11(13)14/h3-6,8,12,16,19H,1-2H3,(H,20,22). The van der Waals surface area contributed by atoms with E-state index in [4.69, 9.17) is 12.2 Å². The minimum absolute atomic E-state index is 0.0389. The van der Waals surface area contributed by atoms with Gasteiger partial charge in [0, 0.05) is 34.3 Å². The fourth-order valence-corrected chi connectivity index (χ4v) is 3.53. The van der Waals surface area contributed by atoms with Crippen LogP contribution in [0.1, 0.15) is 25.3 Å². The average molecular weight is 309 g/mol. The molecule has 3 rings (SSSR count). The van der Waals surface area contributed by atoms with Crippen molar-refractivity contribution in [3.8, 4) is 6.07 Å². The predicted molar refractivity (Wildman–Crippen MR) is 89.3 cm³/mol. The lowest BCUT2D eigenvalue weighted by molar-refractivity contribution is -0.114. The van der Waals surface area contributed by atoms with Crippen LogP contribution in [0.4, 0.5) is 0 Å². The number of Topliss-reactive ketones (excluding diaryl/α,β-unsaturated/α-hetero) is 1. The van der Waals surface area contributed by atoms with E-state index in [2.05, 4.69) is 16.4 Å². The number of thiocarbonyl (C=S) groups is 1. The zero-order valence-corrected chi connectivity index (χ0v) is 13.1. The van der Waals surface area contributed by atoms with Crippen LogP contribution in [0.25, 0.3) is 10.9 Å². The molecule has 0 aliphatic carbocycles. The van der Waals surface area contributed by atoms with Crippen molar-refractivity contribution in [2.45, 2.75) is 19.8 Å². The van der Waals surface area contributed by atoms with Crippen molar-refractivity contribution >= 4 is 33.9 Å². The number of fused-ring (bicyclic) bond motifs is 1. The van der Waals surface area contributed by atoms with Crippen molar-refractivity contribution in [2.75, 3.05) is 0 Å². The number of carbonyl (C=O) groups excluding carboxylic acids is 1. The minimum atomic E-state index is -0.545. The summed E-state index contributed by atoms with van der Waals surface area (Å²) in [4.78, 5) is 15.8. The third-order valence-corrected chi connectivity index (χ3v) is 4.47. The van der Waals surface area contributed by atoms with Gasteiger partial charge in [0.25, 0.3) is 0 Å². The molecular weight excluding hydrogens is 294 g/mol. The van der Waals surface area contributed by atoms with E-state index in [1.807, 2.05) is 37.4 Å². The molecule has 0 spiro atoms. The van der Waals surface area contributed by atoms with E-state index in [1.165, 1.54) is 6.92 Å². The molecule has 1 aliphatic heterocycles. The van der Waals surface area contributed by atoms with Gasteiger partial charge >= 0.3 is 0 Å². The molecule has 2 aromatic rings. The van der Waals surface area contributed by atoms with Gasteiger partial charge in [0.1, 0.15) is 5.92 Å². The Morgan fingerprint density at radius 2 is 2.09 bits per heavy atom. The molecule has 0 saturated heterocycles. The normalized spacial score (nSPS) is 21.6. The van der Waals surface area contributed by atoms with Gasteiger partial charge in [-0.15, -0.1) is 0 Å². The first-order chi connectivity index (χ1) is 10.5. The molecule has 0 saturated carbocycles. The summed E-state index contributed by atoms with van der Waals surface area (Å²) in [5, 5.41) is 13.6. The largest absolute Gasteiger partial charge is 0.361 e. The van der Waals surface area contributed by atoms with Gasteiger partial charge in [0.05, 0.1) is 11.1 Å². The lowest BCUT2D eigenvalue weighted by atomic mass is 9.76. The molecule has 5 heteroatoms.